The Balaban J connectivity index is 1.81. The van der Waals surface area contributed by atoms with E-state index in [0.29, 0.717) is 28.6 Å². The van der Waals surface area contributed by atoms with Gasteiger partial charge >= 0.3 is 5.69 Å². The zero-order valence-corrected chi connectivity index (χ0v) is 19.8. The van der Waals surface area contributed by atoms with E-state index in [2.05, 4.69) is 40.0 Å². The van der Waals surface area contributed by atoms with Gasteiger partial charge in [-0.25, -0.2) is 0 Å². The van der Waals surface area contributed by atoms with Crippen LogP contribution in [0.3, 0.4) is 0 Å². The van der Waals surface area contributed by atoms with E-state index in [0.717, 1.165) is 38.2 Å². The minimum absolute atomic E-state index is 0.0321. The summed E-state index contributed by atoms with van der Waals surface area (Å²) in [5.41, 5.74) is 7.53. The largest absolute Gasteiger partial charge is 0.361 e. The van der Waals surface area contributed by atoms with E-state index in [1.165, 1.54) is 0 Å². The molecule has 0 saturated heterocycles. The van der Waals surface area contributed by atoms with E-state index in [9.17, 15) is 14.9 Å². The van der Waals surface area contributed by atoms with Crippen LogP contribution in [0.25, 0.3) is 0 Å². The average molecular weight is 462 g/mol. The van der Waals surface area contributed by atoms with Crippen LogP contribution < -0.4 is 16.2 Å². The number of carbonyl (C=O) groups excluding carboxylic acids is 1. The number of nitrogens with one attached hydrogen (secondary N) is 3. The van der Waals surface area contributed by atoms with E-state index >= 15 is 0 Å². The number of carbonyl (C=O) groups is 1. The van der Waals surface area contributed by atoms with Crippen molar-refractivity contribution >= 4 is 28.9 Å². The van der Waals surface area contributed by atoms with Gasteiger partial charge in [0.25, 0.3) is 5.91 Å². The molecule has 0 aliphatic carbocycles. The summed E-state index contributed by atoms with van der Waals surface area (Å²) >= 11 is 5.19. The van der Waals surface area contributed by atoms with Gasteiger partial charge in [0.05, 0.1) is 11.5 Å². The number of nitro groups is 1. The van der Waals surface area contributed by atoms with E-state index in [-0.39, 0.29) is 11.6 Å². The third-order valence-electron chi connectivity index (χ3n) is 5.19. The number of hydrogen-bond acceptors (Lipinski definition) is 6. The highest BCUT2D eigenvalue weighted by Gasteiger charge is 2.21. The lowest BCUT2D eigenvalue weighted by atomic mass is 10.1. The molecular formula is C21H31N7O3S. The normalized spacial score (nSPS) is 10.8. The molecule has 10 nitrogen and oxygen atoms in total. The minimum Gasteiger partial charge on any atom is -0.361 e. The number of nitrogens with zero attached hydrogens (tertiary/aromatic N) is 4. The summed E-state index contributed by atoms with van der Waals surface area (Å²) in [7, 11) is 0. The van der Waals surface area contributed by atoms with Crippen LogP contribution in [-0.4, -0.2) is 56.8 Å². The summed E-state index contributed by atoms with van der Waals surface area (Å²) in [6.45, 7) is 11.7. The van der Waals surface area contributed by atoms with Crippen LogP contribution in [0.4, 0.5) is 5.69 Å². The molecule has 1 aromatic heterocycles. The first kappa shape index (κ1) is 25.2. The standard InChI is InChI=1S/C21H31N7O3S/c1-5-26(6-2)13-7-12-22-21(32)24-23-20(29)18-10-8-17(9-11-18)14-27-16(4)19(28(30)31)15(3)25-27/h8-11H,5-7,12-14H2,1-4H3,(H,23,29)(H2,22,24,32). The Morgan fingerprint density at radius 1 is 1.19 bits per heavy atom. The van der Waals surface area contributed by atoms with Gasteiger partial charge in [-0.05, 0) is 69.8 Å². The van der Waals surface area contributed by atoms with Gasteiger partial charge in [-0.1, -0.05) is 26.0 Å². The number of aryl methyl sites for hydroxylation is 1. The van der Waals surface area contributed by atoms with Gasteiger partial charge in [-0.2, -0.15) is 5.10 Å². The first-order chi connectivity index (χ1) is 15.3. The lowest BCUT2D eigenvalue weighted by molar-refractivity contribution is -0.386. The first-order valence-electron chi connectivity index (χ1n) is 10.6. The second-order valence-electron chi connectivity index (χ2n) is 7.35. The van der Waals surface area contributed by atoms with Crippen molar-refractivity contribution < 1.29 is 9.72 Å². The molecule has 0 spiro atoms. The third-order valence-corrected chi connectivity index (χ3v) is 5.44. The number of thiocarbonyl (C=S) groups is 1. The molecule has 2 aromatic rings. The maximum absolute atomic E-state index is 12.3. The zero-order valence-electron chi connectivity index (χ0n) is 19.0. The SMILES string of the molecule is CCN(CC)CCCNC(=S)NNC(=O)c1ccc(Cn2nc(C)c([N+](=O)[O-])c2C)cc1. The predicted molar refractivity (Wildman–Crippen MR) is 128 cm³/mol. The molecule has 1 heterocycles. The van der Waals surface area contributed by atoms with Crippen molar-refractivity contribution in [3.63, 3.8) is 0 Å². The second kappa shape index (κ2) is 12.1. The molecular weight excluding hydrogens is 430 g/mol. The number of hydrazine groups is 1. The molecule has 3 N–H and O–H groups in total. The Morgan fingerprint density at radius 2 is 1.84 bits per heavy atom. The summed E-state index contributed by atoms with van der Waals surface area (Å²) < 4.78 is 1.59. The highest BCUT2D eigenvalue weighted by Crippen LogP contribution is 2.22. The molecule has 0 fully saturated rings. The first-order valence-corrected chi connectivity index (χ1v) is 11.0. The number of amides is 1. The van der Waals surface area contributed by atoms with Crippen LogP contribution in [0.2, 0.25) is 0 Å². The van der Waals surface area contributed by atoms with E-state index in [1.807, 2.05) is 0 Å². The quantitative estimate of drug-likeness (QED) is 0.214. The van der Waals surface area contributed by atoms with Crippen LogP contribution in [0.15, 0.2) is 24.3 Å². The third kappa shape index (κ3) is 6.99. The van der Waals surface area contributed by atoms with Crippen molar-refractivity contribution in [1.29, 1.82) is 0 Å². The predicted octanol–water partition coefficient (Wildman–Crippen LogP) is 2.30. The van der Waals surface area contributed by atoms with Crippen LogP contribution in [0.1, 0.15) is 47.6 Å². The monoisotopic (exact) mass is 461 g/mol. The molecule has 11 heteroatoms. The van der Waals surface area contributed by atoms with Gasteiger partial charge in [0.2, 0.25) is 0 Å². The molecule has 0 aliphatic heterocycles. The van der Waals surface area contributed by atoms with E-state index in [4.69, 9.17) is 12.2 Å². The van der Waals surface area contributed by atoms with Crippen molar-refractivity contribution in [1.82, 2.24) is 30.8 Å². The maximum atomic E-state index is 12.3. The molecule has 1 aromatic carbocycles. The Morgan fingerprint density at radius 3 is 2.41 bits per heavy atom. The fourth-order valence-corrected chi connectivity index (χ4v) is 3.47. The molecule has 0 atom stereocenters. The summed E-state index contributed by atoms with van der Waals surface area (Å²) in [5.74, 6) is -0.314. The molecule has 0 unspecified atom stereocenters. The summed E-state index contributed by atoms with van der Waals surface area (Å²) in [5, 5.41) is 18.8. The number of benzene rings is 1. The van der Waals surface area contributed by atoms with Gasteiger partial charge in [0, 0.05) is 12.1 Å². The lowest BCUT2D eigenvalue weighted by Crippen LogP contribution is -2.47. The maximum Gasteiger partial charge on any atom is 0.312 e. The molecule has 0 radical (unpaired) electrons. The highest BCUT2D eigenvalue weighted by molar-refractivity contribution is 7.80. The van der Waals surface area contributed by atoms with E-state index < -0.39 is 4.92 Å². The van der Waals surface area contributed by atoms with Crippen molar-refractivity contribution in [2.24, 2.45) is 0 Å². The molecule has 1 amide bonds. The number of hydrogen-bond donors (Lipinski definition) is 3. The topological polar surface area (TPSA) is 117 Å². The van der Waals surface area contributed by atoms with Crippen LogP contribution >= 0.6 is 12.2 Å². The lowest BCUT2D eigenvalue weighted by Gasteiger charge is -2.18. The van der Waals surface area contributed by atoms with Gasteiger partial charge < -0.3 is 10.2 Å². The van der Waals surface area contributed by atoms with Gasteiger partial charge in [-0.15, -0.1) is 0 Å². The number of aromatic nitrogens is 2. The molecule has 0 aliphatic rings. The van der Waals surface area contributed by atoms with Gasteiger partial charge in [0.1, 0.15) is 11.4 Å². The van der Waals surface area contributed by atoms with Crippen molar-refractivity contribution in [3.05, 3.63) is 56.9 Å². The van der Waals surface area contributed by atoms with Crippen molar-refractivity contribution in [3.8, 4) is 0 Å². The van der Waals surface area contributed by atoms with Crippen LogP contribution in [0, 0.1) is 24.0 Å². The second-order valence-corrected chi connectivity index (χ2v) is 7.75. The molecule has 2 rings (SSSR count). The van der Waals surface area contributed by atoms with Crippen LogP contribution in [0.5, 0.6) is 0 Å². The fourth-order valence-electron chi connectivity index (χ4n) is 3.31. The fraction of sp³-hybridized carbons (Fsp3) is 0.476. The Kier molecular flexibility index (Phi) is 9.54. The highest BCUT2D eigenvalue weighted by atomic mass is 32.1. The molecule has 174 valence electrons. The van der Waals surface area contributed by atoms with Crippen LogP contribution in [-0.2, 0) is 6.54 Å². The number of rotatable bonds is 10. The molecule has 0 bridgehead atoms. The zero-order chi connectivity index (χ0) is 23.7. The Bertz CT molecular complexity index is 940. The Labute approximate surface area is 193 Å². The van der Waals surface area contributed by atoms with E-state index in [1.54, 1.807) is 42.8 Å². The minimum atomic E-state index is -0.418. The summed E-state index contributed by atoms with van der Waals surface area (Å²) in [6.07, 6.45) is 0.956. The molecule has 0 saturated carbocycles. The molecule has 32 heavy (non-hydrogen) atoms. The van der Waals surface area contributed by atoms with Crippen molar-refractivity contribution in [2.75, 3.05) is 26.2 Å². The summed E-state index contributed by atoms with van der Waals surface area (Å²) in [6, 6.07) is 6.96. The Hall–Kier alpha value is -3.05. The average Bonchev–Trinajstić information content (AvgIpc) is 3.05. The smallest absolute Gasteiger partial charge is 0.312 e. The van der Waals surface area contributed by atoms with Gasteiger partial charge in [0.15, 0.2) is 5.11 Å². The summed E-state index contributed by atoms with van der Waals surface area (Å²) in [4.78, 5) is 25.4. The van der Waals surface area contributed by atoms with Crippen molar-refractivity contribution in [2.45, 2.75) is 40.7 Å². The van der Waals surface area contributed by atoms with Gasteiger partial charge in [-0.3, -0.25) is 30.4 Å².